The summed E-state index contributed by atoms with van der Waals surface area (Å²) in [5.41, 5.74) is 0.496. The number of rotatable bonds is 6. The smallest absolute Gasteiger partial charge is 0.305 e. The van der Waals surface area contributed by atoms with Crippen molar-refractivity contribution in [1.29, 1.82) is 0 Å². The maximum Gasteiger partial charge on any atom is 0.305 e. The monoisotopic (exact) mass is 488 g/mol. The Morgan fingerprint density at radius 1 is 1.06 bits per heavy atom. The SMILES string of the molecule is COC(=O)CC[C@H](C)[C@H]1CC[C@@H]2[C@@H]3C(=O)C[C@@H]4C[C@H](O[C@@H]5CCCCO5)CC[C@]4(C)[C@@H]3CC[C@@]21C. The summed E-state index contributed by atoms with van der Waals surface area (Å²) in [6.07, 6.45) is 13.9. The zero-order valence-electron chi connectivity index (χ0n) is 22.6. The molecule has 5 heteroatoms. The number of fused-ring (bicyclic) bond motifs is 5. The molecular formula is C30H48O5. The Kier molecular flexibility index (Phi) is 7.40. The van der Waals surface area contributed by atoms with Crippen LogP contribution in [-0.4, -0.2) is 37.9 Å². The van der Waals surface area contributed by atoms with Gasteiger partial charge in [-0.3, -0.25) is 9.59 Å². The lowest BCUT2D eigenvalue weighted by Gasteiger charge is -2.60. The largest absolute Gasteiger partial charge is 0.469 e. The number of ether oxygens (including phenoxy) is 3. The van der Waals surface area contributed by atoms with Crippen LogP contribution in [0.5, 0.6) is 0 Å². The molecule has 0 unspecified atom stereocenters. The average Bonchev–Trinajstić information content (AvgIpc) is 3.21. The second kappa shape index (κ2) is 10.1. The van der Waals surface area contributed by atoms with Crippen LogP contribution in [0.4, 0.5) is 0 Å². The van der Waals surface area contributed by atoms with Gasteiger partial charge in [0, 0.05) is 25.4 Å². The number of carbonyl (C=O) groups excluding carboxylic acids is 2. The number of methoxy groups -OCH3 is 1. The minimum atomic E-state index is -0.101. The number of hydrogen-bond donors (Lipinski definition) is 0. The van der Waals surface area contributed by atoms with Gasteiger partial charge in [-0.25, -0.2) is 0 Å². The van der Waals surface area contributed by atoms with Crippen LogP contribution in [0.25, 0.3) is 0 Å². The normalized spacial score (nSPS) is 46.3. The summed E-state index contributed by atoms with van der Waals surface area (Å²) in [6.45, 7) is 8.15. The Bertz CT molecular complexity index is 790. The van der Waals surface area contributed by atoms with Crippen LogP contribution in [0.2, 0.25) is 0 Å². The molecule has 5 nitrogen and oxygen atoms in total. The molecule has 1 saturated heterocycles. The number of carbonyl (C=O) groups is 2. The number of esters is 1. The van der Waals surface area contributed by atoms with Crippen molar-refractivity contribution in [1.82, 2.24) is 0 Å². The third kappa shape index (κ3) is 4.62. The molecule has 1 aliphatic heterocycles. The molecule has 4 aliphatic carbocycles. The van der Waals surface area contributed by atoms with Crippen LogP contribution >= 0.6 is 0 Å². The van der Waals surface area contributed by atoms with Crippen molar-refractivity contribution in [3.8, 4) is 0 Å². The molecule has 198 valence electrons. The molecule has 0 bridgehead atoms. The Morgan fingerprint density at radius 2 is 1.83 bits per heavy atom. The molecule has 0 amide bonds. The predicted molar refractivity (Wildman–Crippen MR) is 134 cm³/mol. The standard InChI is InChI=1S/C30H48O5/c1-19(8-11-26(32)33-4)22-9-10-23-28-24(13-15-30(22,23)3)29(2)14-12-21(17-20(29)18-25(28)31)35-27-7-5-6-16-34-27/h19-24,27-28H,5-18H2,1-4H3/t19-,20-,21+,22+,23+,24+,27+,28-,29-,30+/m0/s1. The molecule has 5 aliphatic rings. The van der Waals surface area contributed by atoms with Crippen LogP contribution in [0, 0.1) is 46.3 Å². The van der Waals surface area contributed by atoms with Gasteiger partial charge in [0.05, 0.1) is 13.2 Å². The Balaban J connectivity index is 1.27. The summed E-state index contributed by atoms with van der Waals surface area (Å²) >= 11 is 0. The van der Waals surface area contributed by atoms with Crippen molar-refractivity contribution >= 4 is 11.8 Å². The van der Waals surface area contributed by atoms with E-state index in [0.717, 1.165) is 45.1 Å². The third-order valence-electron chi connectivity index (χ3n) is 11.7. The predicted octanol–water partition coefficient (Wildman–Crippen LogP) is 6.33. The summed E-state index contributed by atoms with van der Waals surface area (Å²) in [5, 5.41) is 0. The molecule has 5 fully saturated rings. The highest BCUT2D eigenvalue weighted by molar-refractivity contribution is 5.83. The number of hydrogen-bond acceptors (Lipinski definition) is 5. The Labute approximate surface area is 212 Å². The first kappa shape index (κ1) is 25.7. The van der Waals surface area contributed by atoms with Gasteiger partial charge >= 0.3 is 5.97 Å². The molecule has 5 rings (SSSR count). The highest BCUT2D eigenvalue weighted by Crippen LogP contribution is 2.67. The first-order chi connectivity index (χ1) is 16.8. The van der Waals surface area contributed by atoms with Gasteiger partial charge in [-0.05, 0) is 111 Å². The molecule has 1 heterocycles. The van der Waals surface area contributed by atoms with E-state index in [1.165, 1.54) is 45.6 Å². The summed E-state index contributed by atoms with van der Waals surface area (Å²) in [5.74, 6) is 3.30. The van der Waals surface area contributed by atoms with E-state index in [1.54, 1.807) is 0 Å². The highest BCUT2D eigenvalue weighted by atomic mass is 16.7. The van der Waals surface area contributed by atoms with E-state index in [1.807, 2.05) is 0 Å². The first-order valence-electron chi connectivity index (χ1n) is 14.6. The average molecular weight is 489 g/mol. The van der Waals surface area contributed by atoms with Crippen LogP contribution in [0.1, 0.15) is 104 Å². The maximum absolute atomic E-state index is 13.8. The fraction of sp³-hybridized carbons (Fsp3) is 0.933. The quantitative estimate of drug-likeness (QED) is 0.323. The molecule has 0 aromatic heterocycles. The van der Waals surface area contributed by atoms with Crippen molar-refractivity contribution in [2.24, 2.45) is 46.3 Å². The van der Waals surface area contributed by atoms with E-state index in [-0.39, 0.29) is 35.1 Å². The maximum atomic E-state index is 13.8. The van der Waals surface area contributed by atoms with Gasteiger partial charge in [-0.2, -0.15) is 0 Å². The van der Waals surface area contributed by atoms with E-state index >= 15 is 0 Å². The fourth-order valence-electron chi connectivity index (χ4n) is 9.67. The van der Waals surface area contributed by atoms with Gasteiger partial charge in [0.25, 0.3) is 0 Å². The van der Waals surface area contributed by atoms with Gasteiger partial charge in [-0.1, -0.05) is 20.8 Å². The molecule has 0 aromatic carbocycles. The van der Waals surface area contributed by atoms with E-state index in [9.17, 15) is 9.59 Å². The highest BCUT2D eigenvalue weighted by Gasteiger charge is 2.63. The lowest BCUT2D eigenvalue weighted by molar-refractivity contribution is -0.211. The zero-order valence-corrected chi connectivity index (χ0v) is 22.6. The van der Waals surface area contributed by atoms with Gasteiger partial charge < -0.3 is 14.2 Å². The Hall–Kier alpha value is -0.940. The topological polar surface area (TPSA) is 61.8 Å². The summed E-state index contributed by atoms with van der Waals surface area (Å²) in [4.78, 5) is 25.6. The summed E-state index contributed by atoms with van der Waals surface area (Å²) in [7, 11) is 1.48. The van der Waals surface area contributed by atoms with E-state index < -0.39 is 0 Å². The molecule has 0 N–H and O–H groups in total. The minimum absolute atomic E-state index is 0.0304. The molecule has 35 heavy (non-hydrogen) atoms. The summed E-state index contributed by atoms with van der Waals surface area (Å²) in [6, 6.07) is 0. The molecule has 0 aromatic rings. The second-order valence-corrected chi connectivity index (χ2v) is 13.3. The van der Waals surface area contributed by atoms with Crippen molar-refractivity contribution in [3.63, 3.8) is 0 Å². The third-order valence-corrected chi connectivity index (χ3v) is 11.7. The van der Waals surface area contributed by atoms with Gasteiger partial charge in [0.1, 0.15) is 5.78 Å². The lowest BCUT2D eigenvalue weighted by Crippen LogP contribution is -2.57. The zero-order chi connectivity index (χ0) is 24.8. The van der Waals surface area contributed by atoms with Crippen molar-refractivity contribution in [2.75, 3.05) is 13.7 Å². The first-order valence-corrected chi connectivity index (χ1v) is 14.6. The van der Waals surface area contributed by atoms with Crippen LogP contribution in [0.15, 0.2) is 0 Å². The van der Waals surface area contributed by atoms with Gasteiger partial charge in [0.15, 0.2) is 6.29 Å². The molecule has 0 radical (unpaired) electrons. The number of Topliss-reactive ketones (excluding diaryl/α,β-unsaturated/α-hetero) is 1. The molecular weight excluding hydrogens is 440 g/mol. The Morgan fingerprint density at radius 3 is 2.57 bits per heavy atom. The molecule has 4 saturated carbocycles. The van der Waals surface area contributed by atoms with Crippen molar-refractivity contribution in [3.05, 3.63) is 0 Å². The van der Waals surface area contributed by atoms with E-state index in [0.29, 0.717) is 41.8 Å². The van der Waals surface area contributed by atoms with Crippen molar-refractivity contribution in [2.45, 2.75) is 117 Å². The minimum Gasteiger partial charge on any atom is -0.469 e. The number of ketones is 1. The summed E-state index contributed by atoms with van der Waals surface area (Å²) < 4.78 is 17.2. The molecule has 10 atom stereocenters. The van der Waals surface area contributed by atoms with Crippen LogP contribution < -0.4 is 0 Å². The second-order valence-electron chi connectivity index (χ2n) is 13.3. The fourth-order valence-corrected chi connectivity index (χ4v) is 9.67. The van der Waals surface area contributed by atoms with Crippen molar-refractivity contribution < 1.29 is 23.8 Å². The van der Waals surface area contributed by atoms with Gasteiger partial charge in [0.2, 0.25) is 0 Å². The van der Waals surface area contributed by atoms with Crippen LogP contribution in [0.3, 0.4) is 0 Å². The lowest BCUT2D eigenvalue weighted by atomic mass is 9.44. The van der Waals surface area contributed by atoms with E-state index in [2.05, 4.69) is 20.8 Å². The van der Waals surface area contributed by atoms with Gasteiger partial charge in [-0.15, -0.1) is 0 Å². The van der Waals surface area contributed by atoms with E-state index in [4.69, 9.17) is 14.2 Å². The van der Waals surface area contributed by atoms with Crippen LogP contribution in [-0.2, 0) is 23.8 Å². The molecule has 0 spiro atoms.